The lowest BCUT2D eigenvalue weighted by molar-refractivity contribution is 0.0519. The summed E-state index contributed by atoms with van der Waals surface area (Å²) in [6, 6.07) is 19.9. The Hall–Kier alpha value is -3.76. The van der Waals surface area contributed by atoms with E-state index in [-0.39, 0.29) is 5.91 Å². The highest BCUT2D eigenvalue weighted by Gasteiger charge is 2.19. The Kier molecular flexibility index (Phi) is 12.6. The lowest BCUT2D eigenvalue weighted by Gasteiger charge is -2.27. The van der Waals surface area contributed by atoms with Crippen molar-refractivity contribution >= 4 is 23.8 Å². The van der Waals surface area contributed by atoms with Crippen LogP contribution in [0.25, 0.3) is 0 Å². The zero-order chi connectivity index (χ0) is 28.5. The Morgan fingerprint density at radius 1 is 0.732 bits per heavy atom. The number of carbonyl (C=O) groups is 1. The van der Waals surface area contributed by atoms with Crippen molar-refractivity contribution in [3.05, 3.63) is 71.8 Å². The summed E-state index contributed by atoms with van der Waals surface area (Å²) >= 11 is 0. The van der Waals surface area contributed by atoms with Crippen molar-refractivity contribution in [2.24, 2.45) is 5.92 Å². The average molecular weight is 562 g/mol. The summed E-state index contributed by atoms with van der Waals surface area (Å²) in [5.74, 6) is 2.35. The predicted octanol–water partition coefficient (Wildman–Crippen LogP) is 4.39. The van der Waals surface area contributed by atoms with Gasteiger partial charge in [-0.2, -0.15) is 15.0 Å². The zero-order valence-corrected chi connectivity index (χ0v) is 24.0. The first-order chi connectivity index (χ1) is 20.2. The summed E-state index contributed by atoms with van der Waals surface area (Å²) in [5, 5.41) is 13.0. The first-order valence-corrected chi connectivity index (χ1v) is 14.7. The van der Waals surface area contributed by atoms with E-state index >= 15 is 0 Å². The van der Waals surface area contributed by atoms with Crippen molar-refractivity contribution in [3.8, 4) is 0 Å². The molecule has 0 radical (unpaired) electrons. The van der Waals surface area contributed by atoms with Crippen LogP contribution in [0.15, 0.2) is 60.7 Å². The third-order valence-corrected chi connectivity index (χ3v) is 6.99. The van der Waals surface area contributed by atoms with E-state index in [9.17, 15) is 4.79 Å². The number of aromatic nitrogens is 3. The molecule has 0 spiro atoms. The van der Waals surface area contributed by atoms with Crippen molar-refractivity contribution < 1.29 is 14.3 Å². The van der Waals surface area contributed by atoms with Crippen molar-refractivity contribution in [2.45, 2.75) is 45.1 Å². The Labute approximate surface area is 243 Å². The Morgan fingerprint density at radius 3 is 2.00 bits per heavy atom. The fourth-order valence-electron chi connectivity index (χ4n) is 4.63. The van der Waals surface area contributed by atoms with Gasteiger partial charge in [0.25, 0.3) is 5.91 Å². The maximum Gasteiger partial charge on any atom is 0.251 e. The molecule has 0 saturated heterocycles. The van der Waals surface area contributed by atoms with Gasteiger partial charge in [0, 0.05) is 31.2 Å². The monoisotopic (exact) mass is 561 g/mol. The molecular weight excluding hydrogens is 518 g/mol. The van der Waals surface area contributed by atoms with Gasteiger partial charge >= 0.3 is 0 Å². The summed E-state index contributed by atoms with van der Waals surface area (Å²) in [6.07, 6.45) is 5.58. The highest BCUT2D eigenvalue weighted by molar-refractivity contribution is 5.94. The van der Waals surface area contributed by atoms with E-state index in [0.29, 0.717) is 69.0 Å². The molecule has 220 valence electrons. The van der Waals surface area contributed by atoms with Gasteiger partial charge in [-0.3, -0.25) is 4.79 Å². The molecule has 0 unspecified atom stereocenters. The number of anilines is 3. The number of carbonyl (C=O) groups excluding carboxylic acids is 1. The van der Waals surface area contributed by atoms with Crippen LogP contribution in [-0.2, 0) is 15.9 Å². The molecule has 0 atom stereocenters. The number of rotatable bonds is 17. The van der Waals surface area contributed by atoms with Crippen LogP contribution < -0.4 is 21.3 Å². The number of nitrogens with one attached hydrogen (secondary N) is 4. The molecule has 0 bridgehead atoms. The predicted molar refractivity (Wildman–Crippen MR) is 162 cm³/mol. The number of hydrogen-bond acceptors (Lipinski definition) is 9. The molecule has 1 amide bonds. The lowest BCUT2D eigenvalue weighted by atomic mass is 9.87. The highest BCUT2D eigenvalue weighted by atomic mass is 16.5. The second kappa shape index (κ2) is 17.1. The van der Waals surface area contributed by atoms with Crippen molar-refractivity contribution in [3.63, 3.8) is 0 Å². The van der Waals surface area contributed by atoms with E-state index in [1.807, 2.05) is 36.4 Å². The molecule has 4 rings (SSSR count). The van der Waals surface area contributed by atoms with E-state index in [1.165, 1.54) is 18.4 Å². The molecule has 3 aromatic rings. The molecule has 10 nitrogen and oxygen atoms in total. The van der Waals surface area contributed by atoms with Crippen LogP contribution in [0.4, 0.5) is 17.8 Å². The molecule has 1 saturated carbocycles. The van der Waals surface area contributed by atoms with Crippen LogP contribution in [-0.4, -0.2) is 73.0 Å². The first-order valence-electron chi connectivity index (χ1n) is 14.7. The zero-order valence-electron chi connectivity index (χ0n) is 24.0. The van der Waals surface area contributed by atoms with Gasteiger partial charge in [-0.15, -0.1) is 0 Å². The van der Waals surface area contributed by atoms with Gasteiger partial charge in [0.1, 0.15) is 0 Å². The van der Waals surface area contributed by atoms with Gasteiger partial charge in [0.2, 0.25) is 17.8 Å². The maximum absolute atomic E-state index is 12.0. The van der Waals surface area contributed by atoms with E-state index in [2.05, 4.69) is 55.3 Å². The average Bonchev–Trinajstić information content (AvgIpc) is 3.00. The number of hydrogen-bond donors (Lipinski definition) is 4. The highest BCUT2D eigenvalue weighted by Crippen LogP contribution is 2.25. The van der Waals surface area contributed by atoms with Gasteiger partial charge in [-0.25, -0.2) is 0 Å². The SMILES string of the molecule is CC1CCC(Nc2nc(NCCOCCOCCNC(=O)c3ccccc3)nc(NCCc3ccccc3)n2)CC1. The second-order valence-electron chi connectivity index (χ2n) is 10.3. The van der Waals surface area contributed by atoms with Gasteiger partial charge in [-0.05, 0) is 55.7 Å². The fourth-order valence-corrected chi connectivity index (χ4v) is 4.63. The van der Waals surface area contributed by atoms with E-state index < -0.39 is 0 Å². The van der Waals surface area contributed by atoms with Gasteiger partial charge in [0.15, 0.2) is 0 Å². The van der Waals surface area contributed by atoms with E-state index in [0.717, 1.165) is 31.7 Å². The molecule has 10 heteroatoms. The van der Waals surface area contributed by atoms with Crippen molar-refractivity contribution in [1.82, 2.24) is 20.3 Å². The summed E-state index contributed by atoms with van der Waals surface area (Å²) in [4.78, 5) is 25.8. The summed E-state index contributed by atoms with van der Waals surface area (Å²) in [6.45, 7) is 5.89. The van der Waals surface area contributed by atoms with Gasteiger partial charge < -0.3 is 30.7 Å². The molecule has 1 aromatic heterocycles. The minimum Gasteiger partial charge on any atom is -0.377 e. The van der Waals surface area contributed by atoms with Gasteiger partial charge in [-0.1, -0.05) is 55.5 Å². The van der Waals surface area contributed by atoms with Crippen LogP contribution >= 0.6 is 0 Å². The van der Waals surface area contributed by atoms with E-state index in [1.54, 1.807) is 12.1 Å². The Bertz CT molecular complexity index is 1160. The Morgan fingerprint density at radius 2 is 1.32 bits per heavy atom. The molecule has 0 aliphatic heterocycles. The van der Waals surface area contributed by atoms with Crippen molar-refractivity contribution in [1.29, 1.82) is 0 Å². The molecule has 1 aliphatic carbocycles. The second-order valence-corrected chi connectivity index (χ2v) is 10.3. The Balaban J connectivity index is 1.15. The fraction of sp³-hybridized carbons (Fsp3) is 0.484. The van der Waals surface area contributed by atoms with Gasteiger partial charge in [0.05, 0.1) is 26.4 Å². The minimum absolute atomic E-state index is 0.101. The molecule has 2 aromatic carbocycles. The smallest absolute Gasteiger partial charge is 0.251 e. The molecule has 1 aliphatic rings. The number of ether oxygens (including phenoxy) is 2. The molecule has 1 fully saturated rings. The normalized spacial score (nSPS) is 16.6. The molecule has 1 heterocycles. The topological polar surface area (TPSA) is 122 Å². The third kappa shape index (κ3) is 11.3. The molecular formula is C31H43N7O3. The largest absolute Gasteiger partial charge is 0.377 e. The standard InChI is InChI=1S/C31H43N7O3/c1-24-12-14-27(15-13-24)35-31-37-29(33-17-16-25-8-4-2-5-9-25)36-30(38-31)34-19-21-41-23-22-40-20-18-32-28(39)26-10-6-3-7-11-26/h2-11,24,27H,12-23H2,1H3,(H,32,39)(H3,33,34,35,36,37,38). The van der Waals surface area contributed by atoms with Crippen LogP contribution in [0.2, 0.25) is 0 Å². The lowest BCUT2D eigenvalue weighted by Crippen LogP contribution is -2.27. The quantitative estimate of drug-likeness (QED) is 0.178. The van der Waals surface area contributed by atoms with Crippen LogP contribution in [0.1, 0.15) is 48.5 Å². The number of benzene rings is 2. The van der Waals surface area contributed by atoms with Crippen molar-refractivity contribution in [2.75, 3.05) is 62.0 Å². The third-order valence-electron chi connectivity index (χ3n) is 6.99. The maximum atomic E-state index is 12.0. The molecule has 4 N–H and O–H groups in total. The van der Waals surface area contributed by atoms with Crippen LogP contribution in [0, 0.1) is 5.92 Å². The first kappa shape index (κ1) is 30.2. The van der Waals surface area contributed by atoms with Crippen LogP contribution in [0.5, 0.6) is 0 Å². The summed E-state index contributed by atoms with van der Waals surface area (Å²) < 4.78 is 11.2. The van der Waals surface area contributed by atoms with Crippen LogP contribution in [0.3, 0.4) is 0 Å². The van der Waals surface area contributed by atoms with E-state index in [4.69, 9.17) is 9.47 Å². The summed E-state index contributed by atoms with van der Waals surface area (Å²) in [5.41, 5.74) is 1.91. The molecule has 41 heavy (non-hydrogen) atoms. The minimum atomic E-state index is -0.101. The number of amides is 1. The summed E-state index contributed by atoms with van der Waals surface area (Å²) in [7, 11) is 0. The number of nitrogens with zero attached hydrogens (tertiary/aromatic N) is 3.